The lowest BCUT2D eigenvalue weighted by Crippen LogP contribution is -2.44. The maximum absolute atomic E-state index is 13.3. The first-order chi connectivity index (χ1) is 14.5. The van der Waals surface area contributed by atoms with Crippen LogP contribution in [0.1, 0.15) is 41.3 Å². The highest BCUT2D eigenvalue weighted by Crippen LogP contribution is 2.26. The molecule has 0 saturated carbocycles. The number of methoxy groups -OCH3 is 1. The molecule has 1 atom stereocenters. The number of hydrogen-bond acceptors (Lipinski definition) is 4. The minimum absolute atomic E-state index is 0.0440. The van der Waals surface area contributed by atoms with Crippen LogP contribution in [0.25, 0.3) is 0 Å². The van der Waals surface area contributed by atoms with Crippen LogP contribution in [0.5, 0.6) is 0 Å². The van der Waals surface area contributed by atoms with Crippen LogP contribution in [-0.4, -0.2) is 52.1 Å². The van der Waals surface area contributed by atoms with Gasteiger partial charge in [0.25, 0.3) is 5.91 Å². The van der Waals surface area contributed by atoms with E-state index in [2.05, 4.69) is 29.8 Å². The van der Waals surface area contributed by atoms with E-state index >= 15 is 0 Å². The van der Waals surface area contributed by atoms with Crippen LogP contribution in [-0.2, 0) is 27.6 Å². The van der Waals surface area contributed by atoms with Gasteiger partial charge >= 0.3 is 0 Å². The second-order valence-electron chi connectivity index (χ2n) is 7.58. The quantitative estimate of drug-likeness (QED) is 0.621. The summed E-state index contributed by atoms with van der Waals surface area (Å²) in [4.78, 5) is 15.4. The molecule has 0 spiro atoms. The van der Waals surface area contributed by atoms with Gasteiger partial charge in [0.15, 0.2) is 0 Å². The predicted molar refractivity (Wildman–Crippen MR) is 117 cm³/mol. The summed E-state index contributed by atoms with van der Waals surface area (Å²) in [7, 11) is -2.10. The molecule has 1 aliphatic carbocycles. The van der Waals surface area contributed by atoms with Gasteiger partial charge in [-0.2, -0.15) is 0 Å². The van der Waals surface area contributed by atoms with Gasteiger partial charge in [-0.1, -0.05) is 31.2 Å². The van der Waals surface area contributed by atoms with Crippen LogP contribution < -0.4 is 4.72 Å². The molecule has 1 amide bonds. The molecule has 7 heteroatoms. The molecule has 30 heavy (non-hydrogen) atoms. The zero-order chi connectivity index (χ0) is 21.6. The Kier molecular flexibility index (Phi) is 7.64. The monoisotopic (exact) mass is 430 g/mol. The molecule has 0 fully saturated rings. The Labute approximate surface area is 179 Å². The summed E-state index contributed by atoms with van der Waals surface area (Å²) in [6.07, 6.45) is 3.65. The molecule has 6 nitrogen and oxygen atoms in total. The van der Waals surface area contributed by atoms with Crippen LogP contribution in [0.4, 0.5) is 0 Å². The van der Waals surface area contributed by atoms with E-state index in [0.717, 1.165) is 25.7 Å². The van der Waals surface area contributed by atoms with E-state index in [0.29, 0.717) is 18.7 Å². The molecule has 0 saturated heterocycles. The maximum atomic E-state index is 13.3. The van der Waals surface area contributed by atoms with Crippen molar-refractivity contribution in [2.24, 2.45) is 0 Å². The number of amides is 1. The molecule has 1 N–H and O–H groups in total. The molecule has 2 aromatic rings. The molecular formula is C23H30N2O4S. The first-order valence-electron chi connectivity index (χ1n) is 10.4. The molecule has 0 bridgehead atoms. The SMILES string of the molecule is CCCN(C(=O)c1ccc(S(=O)(=O)NCCOC)cc1)C1CCc2ccccc2C1. The molecule has 3 rings (SSSR count). The second kappa shape index (κ2) is 10.2. The van der Waals surface area contributed by atoms with Crippen molar-refractivity contribution in [2.75, 3.05) is 26.8 Å². The summed E-state index contributed by atoms with van der Waals surface area (Å²) in [5.74, 6) is -0.0440. The largest absolute Gasteiger partial charge is 0.383 e. The Morgan fingerprint density at radius 1 is 1.13 bits per heavy atom. The highest BCUT2D eigenvalue weighted by molar-refractivity contribution is 7.89. The molecular weight excluding hydrogens is 400 g/mol. The summed E-state index contributed by atoms with van der Waals surface area (Å²) in [6.45, 7) is 3.25. The zero-order valence-corrected chi connectivity index (χ0v) is 18.5. The van der Waals surface area contributed by atoms with Crippen LogP contribution in [0.3, 0.4) is 0 Å². The normalized spacial score (nSPS) is 16.1. The molecule has 0 aromatic heterocycles. The first kappa shape index (κ1) is 22.5. The van der Waals surface area contributed by atoms with Gasteiger partial charge in [0.1, 0.15) is 0 Å². The van der Waals surface area contributed by atoms with Crippen molar-refractivity contribution in [1.29, 1.82) is 0 Å². The lowest BCUT2D eigenvalue weighted by Gasteiger charge is -2.35. The van der Waals surface area contributed by atoms with Crippen LogP contribution in [0, 0.1) is 0 Å². The Hall–Kier alpha value is -2.22. The molecule has 2 aromatic carbocycles. The highest BCUT2D eigenvalue weighted by Gasteiger charge is 2.28. The number of nitrogens with zero attached hydrogens (tertiary/aromatic N) is 1. The number of nitrogens with one attached hydrogen (secondary N) is 1. The second-order valence-corrected chi connectivity index (χ2v) is 9.35. The maximum Gasteiger partial charge on any atom is 0.254 e. The number of aryl methyl sites for hydroxylation is 1. The molecule has 0 heterocycles. The summed E-state index contributed by atoms with van der Waals surface area (Å²) in [6, 6.07) is 14.8. The predicted octanol–water partition coefficient (Wildman–Crippen LogP) is 3.02. The number of hydrogen-bond donors (Lipinski definition) is 1. The molecule has 162 valence electrons. The Bertz CT molecular complexity index is 957. The van der Waals surface area contributed by atoms with E-state index in [1.165, 1.54) is 30.4 Å². The number of sulfonamides is 1. The van der Waals surface area contributed by atoms with E-state index < -0.39 is 10.0 Å². The van der Waals surface area contributed by atoms with E-state index in [-0.39, 0.29) is 23.4 Å². The lowest BCUT2D eigenvalue weighted by atomic mass is 9.87. The number of carbonyl (C=O) groups is 1. The van der Waals surface area contributed by atoms with Crippen molar-refractivity contribution in [1.82, 2.24) is 9.62 Å². The summed E-state index contributed by atoms with van der Waals surface area (Å²) < 4.78 is 32.0. The van der Waals surface area contributed by atoms with Crippen LogP contribution in [0.15, 0.2) is 53.4 Å². The van der Waals surface area contributed by atoms with Crippen molar-refractivity contribution in [3.05, 3.63) is 65.2 Å². The van der Waals surface area contributed by atoms with Gasteiger partial charge in [-0.05, 0) is 61.1 Å². The van der Waals surface area contributed by atoms with Crippen molar-refractivity contribution in [3.8, 4) is 0 Å². The summed E-state index contributed by atoms with van der Waals surface area (Å²) in [5.41, 5.74) is 3.19. The third-order valence-electron chi connectivity index (χ3n) is 5.50. The Morgan fingerprint density at radius 2 is 1.83 bits per heavy atom. The highest BCUT2D eigenvalue weighted by atomic mass is 32.2. The van der Waals surface area contributed by atoms with E-state index in [1.807, 2.05) is 11.0 Å². The fraction of sp³-hybridized carbons (Fsp3) is 0.435. The minimum Gasteiger partial charge on any atom is -0.383 e. The van der Waals surface area contributed by atoms with E-state index in [9.17, 15) is 13.2 Å². The fourth-order valence-corrected chi connectivity index (χ4v) is 4.95. The summed E-state index contributed by atoms with van der Waals surface area (Å²) in [5, 5.41) is 0. The molecule has 1 aliphatic rings. The molecule has 1 unspecified atom stereocenters. The van der Waals surface area contributed by atoms with E-state index in [1.54, 1.807) is 12.1 Å². The zero-order valence-electron chi connectivity index (χ0n) is 17.6. The van der Waals surface area contributed by atoms with Crippen molar-refractivity contribution in [2.45, 2.75) is 43.5 Å². The van der Waals surface area contributed by atoms with E-state index in [4.69, 9.17) is 4.74 Å². The minimum atomic E-state index is -3.61. The molecule has 0 aliphatic heterocycles. The van der Waals surface area contributed by atoms with Gasteiger partial charge in [-0.15, -0.1) is 0 Å². The Morgan fingerprint density at radius 3 is 2.50 bits per heavy atom. The summed E-state index contributed by atoms with van der Waals surface area (Å²) >= 11 is 0. The third kappa shape index (κ3) is 5.28. The van der Waals surface area contributed by atoms with Gasteiger partial charge < -0.3 is 9.64 Å². The topological polar surface area (TPSA) is 75.7 Å². The first-order valence-corrected chi connectivity index (χ1v) is 11.9. The Balaban J connectivity index is 1.74. The van der Waals surface area contributed by atoms with Gasteiger partial charge in [0, 0.05) is 31.8 Å². The van der Waals surface area contributed by atoms with Crippen LogP contribution >= 0.6 is 0 Å². The van der Waals surface area contributed by atoms with Gasteiger partial charge in [-0.25, -0.2) is 13.1 Å². The van der Waals surface area contributed by atoms with Crippen molar-refractivity contribution in [3.63, 3.8) is 0 Å². The average molecular weight is 431 g/mol. The standard InChI is InChI=1S/C23H30N2O4S/c1-3-15-25(21-11-8-18-6-4-5-7-20(18)17-21)23(26)19-9-12-22(13-10-19)30(27,28)24-14-16-29-2/h4-7,9-10,12-13,21,24H,3,8,11,14-17H2,1-2H3. The number of carbonyl (C=O) groups excluding carboxylic acids is 1. The number of ether oxygens (including phenoxy) is 1. The van der Waals surface area contributed by atoms with Crippen molar-refractivity contribution < 1.29 is 17.9 Å². The number of rotatable bonds is 9. The fourth-order valence-electron chi connectivity index (χ4n) is 3.94. The number of benzene rings is 2. The van der Waals surface area contributed by atoms with Gasteiger partial charge in [-0.3, -0.25) is 4.79 Å². The van der Waals surface area contributed by atoms with Gasteiger partial charge in [0.2, 0.25) is 10.0 Å². The van der Waals surface area contributed by atoms with Crippen LogP contribution in [0.2, 0.25) is 0 Å². The van der Waals surface area contributed by atoms with Crippen molar-refractivity contribution >= 4 is 15.9 Å². The lowest BCUT2D eigenvalue weighted by molar-refractivity contribution is 0.0661. The smallest absolute Gasteiger partial charge is 0.254 e. The number of fused-ring (bicyclic) bond motifs is 1. The third-order valence-corrected chi connectivity index (χ3v) is 6.97. The van der Waals surface area contributed by atoms with Gasteiger partial charge in [0.05, 0.1) is 11.5 Å². The average Bonchev–Trinajstić information content (AvgIpc) is 2.77. The molecule has 0 radical (unpaired) electrons.